The SMILES string of the molecule is C=C/C=C(\C(=C)OC(F)F)C(C)C. The van der Waals surface area contributed by atoms with Crippen LogP contribution < -0.4 is 0 Å². The predicted octanol–water partition coefficient (Wildman–Crippen LogP) is 3.51. The fraction of sp³-hybridized carbons (Fsp3) is 0.400. The average molecular weight is 188 g/mol. The quantitative estimate of drug-likeness (QED) is 0.474. The Bertz CT molecular complexity index is 217. The predicted molar refractivity (Wildman–Crippen MR) is 49.3 cm³/mol. The molecule has 0 spiro atoms. The summed E-state index contributed by atoms with van der Waals surface area (Å²) in [5.41, 5.74) is 0.635. The molecule has 0 aliphatic rings. The number of allylic oxidation sites excluding steroid dienone is 3. The summed E-state index contributed by atoms with van der Waals surface area (Å²) in [5, 5.41) is 0. The van der Waals surface area contributed by atoms with E-state index in [1.165, 1.54) is 6.08 Å². The molecule has 0 heterocycles. The monoisotopic (exact) mass is 188 g/mol. The Hall–Kier alpha value is -1.12. The van der Waals surface area contributed by atoms with Crippen molar-refractivity contribution in [1.82, 2.24) is 0 Å². The van der Waals surface area contributed by atoms with Crippen LogP contribution in [0.15, 0.2) is 36.6 Å². The van der Waals surface area contributed by atoms with Crippen LogP contribution >= 0.6 is 0 Å². The molecule has 0 aromatic rings. The highest BCUT2D eigenvalue weighted by Gasteiger charge is 2.12. The highest BCUT2D eigenvalue weighted by atomic mass is 19.3. The third-order valence-electron chi connectivity index (χ3n) is 1.47. The van der Waals surface area contributed by atoms with Crippen LogP contribution in [0.25, 0.3) is 0 Å². The second-order valence-corrected chi connectivity index (χ2v) is 2.81. The normalized spacial score (nSPS) is 12.0. The second-order valence-electron chi connectivity index (χ2n) is 2.81. The molecule has 0 rings (SSSR count). The first-order valence-electron chi connectivity index (χ1n) is 3.95. The van der Waals surface area contributed by atoms with E-state index < -0.39 is 6.61 Å². The van der Waals surface area contributed by atoms with E-state index >= 15 is 0 Å². The summed E-state index contributed by atoms with van der Waals surface area (Å²) >= 11 is 0. The van der Waals surface area contributed by atoms with E-state index in [1.807, 2.05) is 13.8 Å². The van der Waals surface area contributed by atoms with Gasteiger partial charge in [-0.3, -0.25) is 0 Å². The van der Waals surface area contributed by atoms with Crippen molar-refractivity contribution in [2.75, 3.05) is 0 Å². The van der Waals surface area contributed by atoms with E-state index in [0.29, 0.717) is 5.57 Å². The molecule has 0 unspecified atom stereocenters. The molecule has 0 radical (unpaired) electrons. The van der Waals surface area contributed by atoms with E-state index in [1.54, 1.807) is 6.08 Å². The Kier molecular flexibility index (Phi) is 5.04. The molecule has 0 saturated heterocycles. The maximum atomic E-state index is 11.8. The molecule has 1 nitrogen and oxygen atoms in total. The summed E-state index contributed by atoms with van der Waals surface area (Å²) in [7, 11) is 0. The topological polar surface area (TPSA) is 9.23 Å². The van der Waals surface area contributed by atoms with Gasteiger partial charge in [-0.25, -0.2) is 0 Å². The van der Waals surface area contributed by atoms with Gasteiger partial charge in [0.05, 0.1) is 0 Å². The first-order valence-corrected chi connectivity index (χ1v) is 3.95. The lowest BCUT2D eigenvalue weighted by atomic mass is 10.0. The molecular weight excluding hydrogens is 174 g/mol. The third kappa shape index (κ3) is 4.45. The molecule has 0 aliphatic heterocycles. The summed E-state index contributed by atoms with van der Waals surface area (Å²) in [6, 6.07) is 0. The molecule has 0 aromatic heterocycles. The van der Waals surface area contributed by atoms with Crippen LogP contribution in [0.2, 0.25) is 0 Å². The maximum Gasteiger partial charge on any atom is 0.387 e. The Morgan fingerprint density at radius 3 is 2.23 bits per heavy atom. The molecule has 3 heteroatoms. The Labute approximate surface area is 77.4 Å². The molecule has 0 amide bonds. The van der Waals surface area contributed by atoms with Crippen molar-refractivity contribution in [3.63, 3.8) is 0 Å². The van der Waals surface area contributed by atoms with Gasteiger partial charge < -0.3 is 4.74 Å². The van der Waals surface area contributed by atoms with Crippen LogP contribution in [0.5, 0.6) is 0 Å². The lowest BCUT2D eigenvalue weighted by Gasteiger charge is -2.14. The van der Waals surface area contributed by atoms with Crippen molar-refractivity contribution in [2.24, 2.45) is 5.92 Å². The van der Waals surface area contributed by atoms with Gasteiger partial charge in [-0.1, -0.05) is 39.2 Å². The lowest BCUT2D eigenvalue weighted by Crippen LogP contribution is -2.04. The Morgan fingerprint density at radius 2 is 1.92 bits per heavy atom. The third-order valence-corrected chi connectivity index (χ3v) is 1.47. The molecule has 74 valence electrons. The number of halogens is 2. The molecule has 0 fully saturated rings. The van der Waals surface area contributed by atoms with E-state index in [9.17, 15) is 8.78 Å². The van der Waals surface area contributed by atoms with Gasteiger partial charge in [0.1, 0.15) is 5.76 Å². The zero-order valence-corrected chi connectivity index (χ0v) is 7.89. The number of ether oxygens (including phenoxy) is 1. The van der Waals surface area contributed by atoms with Gasteiger partial charge in [0.25, 0.3) is 0 Å². The van der Waals surface area contributed by atoms with E-state index in [0.717, 1.165) is 0 Å². The number of rotatable bonds is 5. The number of hydrogen-bond acceptors (Lipinski definition) is 1. The molecule has 0 aromatic carbocycles. The van der Waals surface area contributed by atoms with Gasteiger partial charge >= 0.3 is 6.61 Å². The minimum Gasteiger partial charge on any atom is -0.435 e. The minimum atomic E-state index is -2.82. The van der Waals surface area contributed by atoms with Crippen molar-refractivity contribution in [3.8, 4) is 0 Å². The molecule has 13 heavy (non-hydrogen) atoms. The number of alkyl halides is 2. The zero-order valence-electron chi connectivity index (χ0n) is 7.89. The van der Waals surface area contributed by atoms with Gasteiger partial charge in [0.2, 0.25) is 0 Å². The first-order chi connectivity index (χ1) is 5.99. The van der Waals surface area contributed by atoms with E-state index in [4.69, 9.17) is 0 Å². The fourth-order valence-electron chi connectivity index (χ4n) is 0.910. The van der Waals surface area contributed by atoms with Crippen LogP contribution in [-0.4, -0.2) is 6.61 Å². The standard InChI is InChI=1S/C10H14F2O/c1-5-6-9(7(2)3)8(4)13-10(11)12/h5-7,10H,1,4H2,2-3H3/b9-6-. The van der Waals surface area contributed by atoms with Crippen molar-refractivity contribution >= 4 is 0 Å². The molecule has 0 aliphatic carbocycles. The van der Waals surface area contributed by atoms with Gasteiger partial charge in [0, 0.05) is 0 Å². The highest BCUT2D eigenvalue weighted by Crippen LogP contribution is 2.20. The molecule has 0 N–H and O–H groups in total. The van der Waals surface area contributed by atoms with Crippen LogP contribution in [-0.2, 0) is 4.74 Å². The zero-order chi connectivity index (χ0) is 10.4. The van der Waals surface area contributed by atoms with Gasteiger partial charge in [-0.15, -0.1) is 0 Å². The minimum absolute atomic E-state index is 0.00454. The van der Waals surface area contributed by atoms with Gasteiger partial charge in [-0.2, -0.15) is 8.78 Å². The van der Waals surface area contributed by atoms with Crippen LogP contribution in [0.3, 0.4) is 0 Å². The largest absolute Gasteiger partial charge is 0.435 e. The van der Waals surface area contributed by atoms with E-state index in [2.05, 4.69) is 17.9 Å². The highest BCUT2D eigenvalue weighted by molar-refractivity contribution is 5.28. The molecule has 0 atom stereocenters. The van der Waals surface area contributed by atoms with Gasteiger partial charge in [-0.05, 0) is 11.5 Å². The maximum absolute atomic E-state index is 11.8. The fourth-order valence-corrected chi connectivity index (χ4v) is 0.910. The lowest BCUT2D eigenvalue weighted by molar-refractivity contribution is -0.0935. The average Bonchev–Trinajstić information content (AvgIpc) is 1.97. The first kappa shape index (κ1) is 11.9. The van der Waals surface area contributed by atoms with Crippen LogP contribution in [0.4, 0.5) is 8.78 Å². The summed E-state index contributed by atoms with van der Waals surface area (Å²) in [5.74, 6) is 0.0918. The van der Waals surface area contributed by atoms with Crippen LogP contribution in [0, 0.1) is 5.92 Å². The summed E-state index contributed by atoms with van der Waals surface area (Å²) in [6.07, 6.45) is 3.14. The number of hydrogen-bond donors (Lipinski definition) is 0. The van der Waals surface area contributed by atoms with Crippen molar-refractivity contribution in [1.29, 1.82) is 0 Å². The Morgan fingerprint density at radius 1 is 1.38 bits per heavy atom. The smallest absolute Gasteiger partial charge is 0.387 e. The molecule has 0 saturated carbocycles. The second kappa shape index (κ2) is 5.51. The van der Waals surface area contributed by atoms with Crippen LogP contribution in [0.1, 0.15) is 13.8 Å². The summed E-state index contributed by atoms with van der Waals surface area (Å²) < 4.78 is 27.8. The van der Waals surface area contributed by atoms with Crippen molar-refractivity contribution in [2.45, 2.75) is 20.5 Å². The molecular formula is C10H14F2O. The Balaban J connectivity index is 4.48. The molecule has 0 bridgehead atoms. The van der Waals surface area contributed by atoms with Crippen molar-refractivity contribution in [3.05, 3.63) is 36.6 Å². The van der Waals surface area contributed by atoms with Gasteiger partial charge in [0.15, 0.2) is 0 Å². The summed E-state index contributed by atoms with van der Waals surface area (Å²) in [6.45, 7) is 7.82. The van der Waals surface area contributed by atoms with Crippen molar-refractivity contribution < 1.29 is 13.5 Å². The van der Waals surface area contributed by atoms with E-state index in [-0.39, 0.29) is 11.7 Å². The summed E-state index contributed by atoms with van der Waals surface area (Å²) in [4.78, 5) is 0.